The van der Waals surface area contributed by atoms with E-state index < -0.39 is 11.7 Å². The highest BCUT2D eigenvalue weighted by molar-refractivity contribution is 5.71. The van der Waals surface area contributed by atoms with Crippen molar-refractivity contribution in [3.05, 3.63) is 41.7 Å². The summed E-state index contributed by atoms with van der Waals surface area (Å²) in [5.41, 5.74) is 3.40. The number of aryl methyl sites for hydroxylation is 1. The predicted octanol–water partition coefficient (Wildman–Crippen LogP) is 3.64. The fraction of sp³-hybridized carbons (Fsp3) is 0.538. The minimum absolute atomic E-state index is 0.0954. The normalized spacial score (nSPS) is 22.5. The number of nitrogens with one attached hydrogen (secondary N) is 1. The predicted molar refractivity (Wildman–Crippen MR) is 135 cm³/mol. The molecule has 9 nitrogen and oxygen atoms in total. The van der Waals surface area contributed by atoms with Crippen LogP contribution >= 0.6 is 0 Å². The highest BCUT2D eigenvalue weighted by Gasteiger charge is 2.49. The summed E-state index contributed by atoms with van der Waals surface area (Å²) in [5, 5.41) is 20.8. The maximum atomic E-state index is 15.6. The smallest absolute Gasteiger partial charge is 0.188 e. The monoisotopic (exact) mass is 495 g/mol. The fourth-order valence-corrected chi connectivity index (χ4v) is 5.60. The van der Waals surface area contributed by atoms with Crippen molar-refractivity contribution in [1.29, 1.82) is 0 Å². The number of hydrogen-bond acceptors (Lipinski definition) is 8. The van der Waals surface area contributed by atoms with Crippen LogP contribution < -0.4 is 15.0 Å². The first-order valence-corrected chi connectivity index (χ1v) is 12.3. The number of rotatable bonds is 6. The summed E-state index contributed by atoms with van der Waals surface area (Å²) in [6, 6.07) is 7.55. The molecule has 2 aliphatic rings. The maximum Gasteiger partial charge on any atom is 0.188 e. The number of aromatic nitrogens is 5. The molecule has 0 bridgehead atoms. The highest BCUT2D eigenvalue weighted by atomic mass is 19.1. The molecule has 5 rings (SSSR count). The molecule has 2 atom stereocenters. The zero-order valence-electron chi connectivity index (χ0n) is 21.7. The van der Waals surface area contributed by atoms with E-state index in [0.717, 1.165) is 41.3 Å². The third-order valence-corrected chi connectivity index (χ3v) is 7.00. The van der Waals surface area contributed by atoms with Crippen LogP contribution in [0.5, 0.6) is 5.75 Å². The first-order valence-electron chi connectivity index (χ1n) is 12.3. The Bertz CT molecular complexity index is 1260. The van der Waals surface area contributed by atoms with Crippen LogP contribution in [0.3, 0.4) is 0 Å². The van der Waals surface area contributed by atoms with Gasteiger partial charge in [0.05, 0.1) is 29.3 Å². The molecule has 4 heterocycles. The van der Waals surface area contributed by atoms with Crippen molar-refractivity contribution >= 4 is 5.82 Å². The van der Waals surface area contributed by atoms with E-state index in [1.165, 1.54) is 0 Å². The van der Waals surface area contributed by atoms with Crippen LogP contribution in [0.25, 0.3) is 16.9 Å². The van der Waals surface area contributed by atoms with Gasteiger partial charge in [-0.1, -0.05) is 5.21 Å². The first-order chi connectivity index (χ1) is 17.1. The van der Waals surface area contributed by atoms with Gasteiger partial charge in [0.2, 0.25) is 0 Å². The average molecular weight is 496 g/mol. The van der Waals surface area contributed by atoms with Crippen LogP contribution in [0.1, 0.15) is 45.4 Å². The Labute approximate surface area is 211 Å². The Hall–Kier alpha value is -3.11. The Morgan fingerprint density at radius 2 is 1.94 bits per heavy atom. The Kier molecular flexibility index (Phi) is 6.20. The van der Waals surface area contributed by atoms with Gasteiger partial charge in [0.25, 0.3) is 0 Å². The zero-order valence-corrected chi connectivity index (χ0v) is 21.7. The lowest BCUT2D eigenvalue weighted by Crippen LogP contribution is -2.69. The molecule has 0 unspecified atom stereocenters. The van der Waals surface area contributed by atoms with Crippen LogP contribution in [-0.4, -0.2) is 68.9 Å². The number of methoxy groups -OCH3 is 1. The van der Waals surface area contributed by atoms with Crippen molar-refractivity contribution in [3.8, 4) is 22.7 Å². The molecule has 1 aromatic carbocycles. The van der Waals surface area contributed by atoms with Gasteiger partial charge >= 0.3 is 0 Å². The van der Waals surface area contributed by atoms with E-state index in [2.05, 4.69) is 44.6 Å². The van der Waals surface area contributed by atoms with Crippen molar-refractivity contribution in [2.24, 2.45) is 0 Å². The van der Waals surface area contributed by atoms with Gasteiger partial charge < -0.3 is 19.7 Å². The molecule has 0 aliphatic carbocycles. The molecule has 2 aliphatic heterocycles. The Morgan fingerprint density at radius 1 is 1.14 bits per heavy atom. The van der Waals surface area contributed by atoms with Crippen LogP contribution in [-0.2, 0) is 11.2 Å². The molecule has 0 amide bonds. The number of ether oxygens (including phenoxy) is 2. The van der Waals surface area contributed by atoms with Gasteiger partial charge in [-0.2, -0.15) is 0 Å². The van der Waals surface area contributed by atoms with E-state index in [0.29, 0.717) is 17.9 Å². The lowest BCUT2D eigenvalue weighted by atomic mass is 9.77. The minimum Gasteiger partial charge on any atom is -0.467 e. The van der Waals surface area contributed by atoms with Crippen molar-refractivity contribution in [2.45, 2.75) is 70.8 Å². The summed E-state index contributed by atoms with van der Waals surface area (Å²) in [6.45, 7) is 10.8. The Balaban J connectivity index is 1.47. The van der Waals surface area contributed by atoms with Gasteiger partial charge in [-0.3, -0.25) is 0 Å². The average Bonchev–Trinajstić information content (AvgIpc) is 3.45. The number of alkyl halides is 1. The van der Waals surface area contributed by atoms with Gasteiger partial charge in [0.1, 0.15) is 11.9 Å². The molecular formula is C26H34FN7O2. The third kappa shape index (κ3) is 4.55. The highest BCUT2D eigenvalue weighted by Crippen LogP contribution is 2.40. The number of fused-ring (bicyclic) bond motifs is 1. The molecule has 0 spiro atoms. The van der Waals surface area contributed by atoms with E-state index in [9.17, 15) is 0 Å². The zero-order chi connectivity index (χ0) is 25.7. The minimum atomic E-state index is -1.03. The number of hydrogen-bond donors (Lipinski definition) is 1. The van der Waals surface area contributed by atoms with E-state index in [4.69, 9.17) is 9.47 Å². The second-order valence-corrected chi connectivity index (χ2v) is 11.0. The van der Waals surface area contributed by atoms with Crippen molar-refractivity contribution < 1.29 is 13.9 Å². The molecule has 3 aromatic rings. The summed E-state index contributed by atoms with van der Waals surface area (Å²) < 4.78 is 28.3. The van der Waals surface area contributed by atoms with Gasteiger partial charge in [0, 0.05) is 41.9 Å². The van der Waals surface area contributed by atoms with E-state index in [-0.39, 0.29) is 18.4 Å². The van der Waals surface area contributed by atoms with Crippen LogP contribution in [0.4, 0.5) is 10.2 Å². The first kappa shape index (κ1) is 24.6. The summed E-state index contributed by atoms with van der Waals surface area (Å²) in [5.74, 6) is 1.38. The van der Waals surface area contributed by atoms with Crippen molar-refractivity contribution in [3.63, 3.8) is 0 Å². The number of halogens is 1. The molecule has 2 aromatic heterocycles. The molecular weight excluding hydrogens is 461 g/mol. The standard InChI is InChI=1S/C26H34FN7O2/c1-16-14-34(32-28-16)18-7-8-19(22(12-18)36-15-35-6)20-11-17-9-10-33(24(17)30-29-20)21-13-25(2,3)31-26(4,5)23(21)27/h7-8,11-12,14,21,23,31H,9-10,13,15H2,1-6H3/t21-,23-/m0/s1. The van der Waals surface area contributed by atoms with Gasteiger partial charge in [-0.25, -0.2) is 9.07 Å². The number of nitrogens with zero attached hydrogens (tertiary/aromatic N) is 6. The summed E-state index contributed by atoms with van der Waals surface area (Å²) in [6.07, 6.45) is 2.30. The molecule has 192 valence electrons. The quantitative estimate of drug-likeness (QED) is 0.519. The topological polar surface area (TPSA) is 90.2 Å². The molecule has 36 heavy (non-hydrogen) atoms. The largest absolute Gasteiger partial charge is 0.467 e. The van der Waals surface area contributed by atoms with E-state index >= 15 is 4.39 Å². The summed E-state index contributed by atoms with van der Waals surface area (Å²) in [7, 11) is 1.58. The lowest BCUT2D eigenvalue weighted by molar-refractivity contribution is 0.0515. The number of piperidine rings is 1. The fourth-order valence-electron chi connectivity index (χ4n) is 5.60. The van der Waals surface area contributed by atoms with Crippen LogP contribution in [0.15, 0.2) is 30.5 Å². The molecule has 1 N–H and O–H groups in total. The van der Waals surface area contributed by atoms with E-state index in [1.807, 2.05) is 51.2 Å². The molecule has 0 saturated carbocycles. The maximum absolute atomic E-state index is 15.6. The second kappa shape index (κ2) is 9.08. The van der Waals surface area contributed by atoms with E-state index in [1.54, 1.807) is 11.8 Å². The number of anilines is 1. The van der Waals surface area contributed by atoms with Crippen molar-refractivity contribution in [1.82, 2.24) is 30.5 Å². The molecule has 0 radical (unpaired) electrons. The number of benzene rings is 1. The van der Waals surface area contributed by atoms with Gasteiger partial charge in [0.15, 0.2) is 12.6 Å². The SMILES string of the molecule is COCOc1cc(-n2cc(C)nn2)ccc1-c1cc2c(nn1)N([C@H]1CC(C)(C)NC(C)(C)[C@H]1F)CC2. The molecule has 1 saturated heterocycles. The van der Waals surface area contributed by atoms with Gasteiger partial charge in [-0.15, -0.1) is 15.3 Å². The third-order valence-electron chi connectivity index (χ3n) is 7.00. The van der Waals surface area contributed by atoms with Crippen LogP contribution in [0, 0.1) is 6.92 Å². The second-order valence-electron chi connectivity index (χ2n) is 11.0. The van der Waals surface area contributed by atoms with Crippen LogP contribution in [0.2, 0.25) is 0 Å². The molecule has 1 fully saturated rings. The lowest BCUT2D eigenvalue weighted by Gasteiger charge is -2.51. The summed E-state index contributed by atoms with van der Waals surface area (Å²) in [4.78, 5) is 2.11. The summed E-state index contributed by atoms with van der Waals surface area (Å²) >= 11 is 0. The van der Waals surface area contributed by atoms with Crippen molar-refractivity contribution in [2.75, 3.05) is 25.3 Å². The van der Waals surface area contributed by atoms with Gasteiger partial charge in [-0.05, 0) is 65.7 Å². The molecule has 10 heteroatoms. The Morgan fingerprint density at radius 3 is 2.67 bits per heavy atom.